The maximum Gasteiger partial charge on any atom is 0.221 e. The number of nitrogens with one attached hydrogen (secondary N) is 2. The van der Waals surface area contributed by atoms with Gasteiger partial charge in [-0.2, -0.15) is 0 Å². The van der Waals surface area contributed by atoms with Gasteiger partial charge < -0.3 is 16.4 Å². The molecule has 0 saturated carbocycles. The van der Waals surface area contributed by atoms with Crippen molar-refractivity contribution >= 4 is 35.8 Å². The third-order valence-electron chi connectivity index (χ3n) is 1.63. The molecule has 0 spiro atoms. The van der Waals surface area contributed by atoms with Crippen LogP contribution in [0.4, 0.5) is 0 Å². The van der Waals surface area contributed by atoms with Gasteiger partial charge in [0.25, 0.3) is 0 Å². The molecule has 0 aliphatic heterocycles. The van der Waals surface area contributed by atoms with E-state index in [0.29, 0.717) is 25.5 Å². The molecular formula is C11H23IN4O. The highest BCUT2D eigenvalue weighted by Crippen LogP contribution is 1.86. The Morgan fingerprint density at radius 1 is 1.47 bits per heavy atom. The standard InChI is InChI=1S/C11H22N4O.HI/c1-8(2)7-14-11(12)13-6-5-10(16)15-9(3)4;/h9H,1,5-7H2,2-4H3,(H,15,16)(H3,12,13,14);1H. The van der Waals surface area contributed by atoms with E-state index >= 15 is 0 Å². The lowest BCUT2D eigenvalue weighted by Gasteiger charge is -2.09. The van der Waals surface area contributed by atoms with Crippen molar-refractivity contribution in [2.45, 2.75) is 33.2 Å². The second kappa shape index (κ2) is 10.4. The van der Waals surface area contributed by atoms with Gasteiger partial charge in [-0.05, 0) is 20.8 Å². The van der Waals surface area contributed by atoms with Gasteiger partial charge in [-0.15, -0.1) is 24.0 Å². The molecule has 0 aromatic heterocycles. The van der Waals surface area contributed by atoms with E-state index in [1.807, 2.05) is 20.8 Å². The zero-order valence-electron chi connectivity index (χ0n) is 10.7. The fraction of sp³-hybridized carbons (Fsp3) is 0.636. The number of carbonyl (C=O) groups is 1. The molecule has 0 aromatic rings. The number of hydrogen-bond acceptors (Lipinski definition) is 2. The summed E-state index contributed by atoms with van der Waals surface area (Å²) in [6, 6.07) is 0.168. The number of carbonyl (C=O) groups excluding carboxylic acids is 1. The largest absolute Gasteiger partial charge is 0.370 e. The number of aliphatic imine (C=N–C) groups is 1. The Labute approximate surface area is 120 Å². The van der Waals surface area contributed by atoms with Crippen molar-refractivity contribution in [3.05, 3.63) is 12.2 Å². The smallest absolute Gasteiger partial charge is 0.221 e. The summed E-state index contributed by atoms with van der Waals surface area (Å²) in [6.07, 6.45) is 0.390. The highest BCUT2D eigenvalue weighted by Gasteiger charge is 2.02. The van der Waals surface area contributed by atoms with Crippen LogP contribution in [0.2, 0.25) is 0 Å². The summed E-state index contributed by atoms with van der Waals surface area (Å²) < 4.78 is 0. The zero-order chi connectivity index (χ0) is 12.6. The normalized spacial score (nSPS) is 10.7. The van der Waals surface area contributed by atoms with Gasteiger partial charge >= 0.3 is 0 Å². The molecule has 6 heteroatoms. The second-order valence-corrected chi connectivity index (χ2v) is 4.06. The van der Waals surface area contributed by atoms with Gasteiger partial charge in [-0.25, -0.2) is 4.99 Å². The highest BCUT2D eigenvalue weighted by atomic mass is 127. The first-order valence-corrected chi connectivity index (χ1v) is 5.39. The first-order valence-electron chi connectivity index (χ1n) is 5.39. The maximum absolute atomic E-state index is 11.3. The summed E-state index contributed by atoms with van der Waals surface area (Å²) in [7, 11) is 0. The summed E-state index contributed by atoms with van der Waals surface area (Å²) in [5.74, 6) is 0.357. The molecule has 0 saturated heterocycles. The van der Waals surface area contributed by atoms with Gasteiger partial charge in [0.15, 0.2) is 5.96 Å². The second-order valence-electron chi connectivity index (χ2n) is 4.06. The Morgan fingerprint density at radius 3 is 2.53 bits per heavy atom. The topological polar surface area (TPSA) is 79.5 Å². The van der Waals surface area contributed by atoms with Crippen molar-refractivity contribution in [1.82, 2.24) is 10.6 Å². The first kappa shape index (κ1) is 18.6. The number of rotatable bonds is 6. The van der Waals surface area contributed by atoms with E-state index in [2.05, 4.69) is 22.2 Å². The van der Waals surface area contributed by atoms with Crippen molar-refractivity contribution in [3.63, 3.8) is 0 Å². The summed E-state index contributed by atoms with van der Waals surface area (Å²) in [5.41, 5.74) is 6.52. The van der Waals surface area contributed by atoms with Crippen molar-refractivity contribution in [2.75, 3.05) is 13.1 Å². The molecule has 0 aromatic carbocycles. The number of nitrogens with two attached hydrogens (primary N) is 1. The van der Waals surface area contributed by atoms with Gasteiger partial charge in [-0.1, -0.05) is 12.2 Å². The first-order chi connectivity index (χ1) is 7.41. The van der Waals surface area contributed by atoms with E-state index in [-0.39, 0.29) is 35.9 Å². The van der Waals surface area contributed by atoms with Crippen LogP contribution in [-0.4, -0.2) is 31.0 Å². The van der Waals surface area contributed by atoms with Gasteiger partial charge in [-0.3, -0.25) is 4.79 Å². The molecule has 0 aliphatic rings. The quantitative estimate of drug-likeness (QED) is 0.288. The molecule has 5 nitrogen and oxygen atoms in total. The van der Waals surface area contributed by atoms with Gasteiger partial charge in [0.1, 0.15) is 0 Å². The van der Waals surface area contributed by atoms with Gasteiger partial charge in [0.2, 0.25) is 5.91 Å². The van der Waals surface area contributed by atoms with E-state index < -0.39 is 0 Å². The molecule has 0 aliphatic carbocycles. The van der Waals surface area contributed by atoms with Crippen LogP contribution in [-0.2, 0) is 4.79 Å². The summed E-state index contributed by atoms with van der Waals surface area (Å²) >= 11 is 0. The molecule has 0 radical (unpaired) electrons. The van der Waals surface area contributed by atoms with Crippen molar-refractivity contribution in [1.29, 1.82) is 0 Å². The van der Waals surface area contributed by atoms with Crippen LogP contribution in [0, 0.1) is 0 Å². The van der Waals surface area contributed by atoms with Crippen LogP contribution in [0.3, 0.4) is 0 Å². The predicted molar refractivity (Wildman–Crippen MR) is 82.6 cm³/mol. The molecule has 4 N–H and O–H groups in total. The molecule has 0 fully saturated rings. The predicted octanol–water partition coefficient (Wildman–Crippen LogP) is 0.999. The van der Waals surface area contributed by atoms with Crippen LogP contribution in [0.5, 0.6) is 0 Å². The molecular weight excluding hydrogens is 331 g/mol. The van der Waals surface area contributed by atoms with Gasteiger partial charge in [0, 0.05) is 19.0 Å². The van der Waals surface area contributed by atoms with E-state index in [1.54, 1.807) is 0 Å². The molecule has 100 valence electrons. The van der Waals surface area contributed by atoms with Crippen LogP contribution < -0.4 is 16.4 Å². The Kier molecular flexibility index (Phi) is 11.3. The van der Waals surface area contributed by atoms with E-state index in [9.17, 15) is 4.79 Å². The van der Waals surface area contributed by atoms with E-state index in [4.69, 9.17) is 5.73 Å². The lowest BCUT2D eigenvalue weighted by molar-refractivity contribution is -0.121. The Hall–Kier alpha value is -0.790. The third kappa shape index (κ3) is 13.1. The lowest BCUT2D eigenvalue weighted by Crippen LogP contribution is -2.37. The molecule has 17 heavy (non-hydrogen) atoms. The summed E-state index contributed by atoms with van der Waals surface area (Å²) in [4.78, 5) is 15.3. The van der Waals surface area contributed by atoms with E-state index in [0.717, 1.165) is 5.57 Å². The number of guanidine groups is 1. The molecule has 0 unspecified atom stereocenters. The average Bonchev–Trinajstić information content (AvgIpc) is 2.13. The Balaban J connectivity index is 0. The number of hydrogen-bond donors (Lipinski definition) is 3. The SMILES string of the molecule is C=C(C)CN=C(N)NCCC(=O)NC(C)C.I. The molecule has 0 bridgehead atoms. The zero-order valence-corrected chi connectivity index (χ0v) is 13.1. The fourth-order valence-corrected chi connectivity index (χ4v) is 0.974. The molecule has 1 amide bonds. The monoisotopic (exact) mass is 354 g/mol. The average molecular weight is 354 g/mol. The Bertz CT molecular complexity index is 277. The van der Waals surface area contributed by atoms with Crippen LogP contribution in [0.1, 0.15) is 27.2 Å². The minimum absolute atomic E-state index is 0. The van der Waals surface area contributed by atoms with E-state index in [1.165, 1.54) is 0 Å². The molecule has 0 rings (SSSR count). The van der Waals surface area contributed by atoms with Gasteiger partial charge in [0.05, 0.1) is 6.54 Å². The van der Waals surface area contributed by atoms with Crippen molar-refractivity contribution in [3.8, 4) is 0 Å². The maximum atomic E-state index is 11.3. The Morgan fingerprint density at radius 2 is 2.06 bits per heavy atom. The van der Waals surface area contributed by atoms with Crippen LogP contribution in [0.25, 0.3) is 0 Å². The highest BCUT2D eigenvalue weighted by molar-refractivity contribution is 14.0. The minimum atomic E-state index is 0. The van der Waals surface area contributed by atoms with Crippen molar-refractivity contribution in [2.24, 2.45) is 10.7 Å². The fourth-order valence-electron chi connectivity index (χ4n) is 0.974. The lowest BCUT2D eigenvalue weighted by atomic mass is 10.3. The molecule has 0 atom stereocenters. The molecule has 0 heterocycles. The number of amides is 1. The third-order valence-corrected chi connectivity index (χ3v) is 1.63. The summed E-state index contributed by atoms with van der Waals surface area (Å²) in [6.45, 7) is 10.4. The van der Waals surface area contributed by atoms with Crippen molar-refractivity contribution < 1.29 is 4.79 Å². The van der Waals surface area contributed by atoms with Crippen LogP contribution in [0.15, 0.2) is 17.1 Å². The minimum Gasteiger partial charge on any atom is -0.370 e. The summed E-state index contributed by atoms with van der Waals surface area (Å²) in [5, 5.41) is 5.66. The number of nitrogens with zero attached hydrogens (tertiary/aromatic N) is 1. The van der Waals surface area contributed by atoms with Crippen LogP contribution >= 0.6 is 24.0 Å². The number of halogens is 1.